The molecule has 0 saturated carbocycles. The Morgan fingerprint density at radius 1 is 1.14 bits per heavy atom. The van der Waals surface area contributed by atoms with Gasteiger partial charge in [-0.05, 0) is 48.7 Å². The van der Waals surface area contributed by atoms with Crippen LogP contribution < -0.4 is 9.04 Å². The van der Waals surface area contributed by atoms with Gasteiger partial charge in [-0.15, -0.1) is 11.8 Å². The zero-order valence-corrected chi connectivity index (χ0v) is 14.8. The highest BCUT2D eigenvalue weighted by atomic mass is 35.5. The third kappa shape index (κ3) is 3.34. The van der Waals surface area contributed by atoms with Crippen molar-refractivity contribution in [3.05, 3.63) is 47.5 Å². The van der Waals surface area contributed by atoms with Crippen molar-refractivity contribution in [3.8, 4) is 5.75 Å². The van der Waals surface area contributed by atoms with E-state index in [0.717, 1.165) is 4.90 Å². The van der Waals surface area contributed by atoms with E-state index in [1.54, 1.807) is 54.2 Å². The van der Waals surface area contributed by atoms with Gasteiger partial charge in [0.05, 0.1) is 17.7 Å². The molecule has 0 saturated heterocycles. The minimum atomic E-state index is -3.68. The summed E-state index contributed by atoms with van der Waals surface area (Å²) in [5.74, 6) is 0.441. The molecule has 118 valence electrons. The van der Waals surface area contributed by atoms with Crippen LogP contribution in [0.25, 0.3) is 0 Å². The van der Waals surface area contributed by atoms with Crippen LogP contribution >= 0.6 is 23.4 Å². The molecule has 0 aromatic heterocycles. The second-order valence-corrected chi connectivity index (χ2v) is 7.75. The van der Waals surface area contributed by atoms with Gasteiger partial charge in [0.15, 0.2) is 0 Å². The van der Waals surface area contributed by atoms with Crippen molar-refractivity contribution < 1.29 is 13.2 Å². The van der Waals surface area contributed by atoms with Crippen LogP contribution in [0.2, 0.25) is 5.02 Å². The van der Waals surface area contributed by atoms with Gasteiger partial charge in [0, 0.05) is 17.0 Å². The van der Waals surface area contributed by atoms with E-state index in [9.17, 15) is 8.42 Å². The predicted molar refractivity (Wildman–Crippen MR) is 91.8 cm³/mol. The molecule has 22 heavy (non-hydrogen) atoms. The molecule has 0 unspecified atom stereocenters. The first-order valence-corrected chi connectivity index (χ1v) is 9.41. The van der Waals surface area contributed by atoms with E-state index in [1.807, 2.05) is 6.26 Å². The van der Waals surface area contributed by atoms with Crippen LogP contribution in [-0.4, -0.2) is 28.8 Å². The fourth-order valence-electron chi connectivity index (χ4n) is 1.94. The summed E-state index contributed by atoms with van der Waals surface area (Å²) in [6, 6.07) is 11.6. The molecule has 0 fully saturated rings. The molecule has 0 spiro atoms. The van der Waals surface area contributed by atoms with Gasteiger partial charge in [-0.1, -0.05) is 11.6 Å². The molecular weight excluding hydrogens is 342 g/mol. The first-order valence-electron chi connectivity index (χ1n) is 6.36. The Morgan fingerprint density at radius 3 is 2.32 bits per heavy atom. The largest absolute Gasteiger partial charge is 0.495 e. The summed E-state index contributed by atoms with van der Waals surface area (Å²) in [4.78, 5) is 1.22. The van der Waals surface area contributed by atoms with Gasteiger partial charge in [0.2, 0.25) is 0 Å². The zero-order valence-electron chi connectivity index (χ0n) is 12.4. The van der Waals surface area contributed by atoms with E-state index in [2.05, 4.69) is 0 Å². The normalized spacial score (nSPS) is 11.3. The number of halogens is 1. The summed E-state index contributed by atoms with van der Waals surface area (Å²) < 4.78 is 31.9. The van der Waals surface area contributed by atoms with Crippen molar-refractivity contribution in [1.29, 1.82) is 0 Å². The van der Waals surface area contributed by atoms with E-state index in [1.165, 1.54) is 18.5 Å². The number of nitrogens with zero attached hydrogens (tertiary/aromatic N) is 1. The Labute approximate surface area is 140 Å². The molecule has 0 amide bonds. The van der Waals surface area contributed by atoms with Crippen LogP contribution in [0.1, 0.15) is 0 Å². The van der Waals surface area contributed by atoms with Crippen molar-refractivity contribution in [1.82, 2.24) is 0 Å². The smallest absolute Gasteiger partial charge is 0.264 e. The highest BCUT2D eigenvalue weighted by molar-refractivity contribution is 7.98. The fourth-order valence-corrected chi connectivity index (χ4v) is 3.72. The van der Waals surface area contributed by atoms with Crippen molar-refractivity contribution in [2.45, 2.75) is 9.79 Å². The molecule has 0 aliphatic carbocycles. The van der Waals surface area contributed by atoms with Crippen molar-refractivity contribution in [2.75, 3.05) is 24.7 Å². The molecule has 0 atom stereocenters. The number of rotatable bonds is 5. The van der Waals surface area contributed by atoms with Crippen LogP contribution in [0.5, 0.6) is 5.75 Å². The number of benzene rings is 2. The lowest BCUT2D eigenvalue weighted by Crippen LogP contribution is -2.27. The Bertz CT molecular complexity index is 761. The molecule has 0 aliphatic rings. The summed E-state index contributed by atoms with van der Waals surface area (Å²) in [6.07, 6.45) is 1.94. The van der Waals surface area contributed by atoms with Crippen LogP contribution in [-0.2, 0) is 10.0 Å². The van der Waals surface area contributed by atoms with Crippen molar-refractivity contribution >= 4 is 39.1 Å². The fraction of sp³-hybridized carbons (Fsp3) is 0.200. The molecule has 0 aliphatic heterocycles. The molecule has 7 heteroatoms. The molecule has 0 bridgehead atoms. The number of hydrogen-bond acceptors (Lipinski definition) is 4. The standard InChI is InChI=1S/C15H16ClNO3S2/c1-17(14-10-11(16)4-9-15(14)20-2)22(18,19)13-7-5-12(21-3)6-8-13/h4-10H,1-3H3. The van der Waals surface area contributed by atoms with Crippen molar-refractivity contribution in [3.63, 3.8) is 0 Å². The third-order valence-corrected chi connectivity index (χ3v) is 5.96. The lowest BCUT2D eigenvalue weighted by Gasteiger charge is -2.22. The minimum Gasteiger partial charge on any atom is -0.495 e. The average molecular weight is 358 g/mol. The number of hydrogen-bond donors (Lipinski definition) is 0. The van der Waals surface area contributed by atoms with E-state index in [0.29, 0.717) is 16.5 Å². The average Bonchev–Trinajstić information content (AvgIpc) is 2.54. The number of methoxy groups -OCH3 is 1. The maximum absolute atomic E-state index is 12.7. The van der Waals surface area contributed by atoms with Crippen molar-refractivity contribution in [2.24, 2.45) is 0 Å². The zero-order chi connectivity index (χ0) is 16.3. The topological polar surface area (TPSA) is 46.6 Å². The monoisotopic (exact) mass is 357 g/mol. The molecule has 2 aromatic rings. The first-order chi connectivity index (χ1) is 10.4. The summed E-state index contributed by atoms with van der Waals surface area (Å²) in [6.45, 7) is 0. The molecule has 0 N–H and O–H groups in total. The quantitative estimate of drug-likeness (QED) is 0.761. The van der Waals surface area contributed by atoms with E-state index < -0.39 is 10.0 Å². The lowest BCUT2D eigenvalue weighted by molar-refractivity contribution is 0.416. The van der Waals surface area contributed by atoms with Gasteiger partial charge in [0.25, 0.3) is 10.0 Å². The predicted octanol–water partition coefficient (Wildman–Crippen LogP) is 3.90. The van der Waals surface area contributed by atoms with Crippen LogP contribution in [0.4, 0.5) is 5.69 Å². The summed E-state index contributed by atoms with van der Waals surface area (Å²) in [7, 11) is -0.716. The molecule has 2 rings (SSSR count). The van der Waals surface area contributed by atoms with Crippen LogP contribution in [0.3, 0.4) is 0 Å². The minimum absolute atomic E-state index is 0.217. The lowest BCUT2D eigenvalue weighted by atomic mass is 10.3. The van der Waals surface area contributed by atoms with Gasteiger partial charge in [-0.25, -0.2) is 8.42 Å². The van der Waals surface area contributed by atoms with E-state index in [4.69, 9.17) is 16.3 Å². The highest BCUT2D eigenvalue weighted by Gasteiger charge is 2.24. The Balaban J connectivity index is 2.46. The number of sulfonamides is 1. The summed E-state index contributed by atoms with van der Waals surface area (Å²) in [5.41, 5.74) is 0.393. The Hall–Kier alpha value is -1.37. The number of ether oxygens (including phenoxy) is 1. The second-order valence-electron chi connectivity index (χ2n) is 4.46. The van der Waals surface area contributed by atoms with Gasteiger partial charge in [-0.3, -0.25) is 4.31 Å². The van der Waals surface area contributed by atoms with Crippen LogP contribution in [0, 0.1) is 0 Å². The maximum atomic E-state index is 12.7. The Morgan fingerprint density at radius 2 is 1.77 bits per heavy atom. The summed E-state index contributed by atoms with van der Waals surface area (Å²) in [5, 5.41) is 0.440. The Kier molecular flexibility index (Phi) is 5.26. The van der Waals surface area contributed by atoms with E-state index >= 15 is 0 Å². The van der Waals surface area contributed by atoms with E-state index in [-0.39, 0.29) is 4.90 Å². The first kappa shape index (κ1) is 17.0. The number of anilines is 1. The van der Waals surface area contributed by atoms with Crippen LogP contribution in [0.15, 0.2) is 52.3 Å². The van der Waals surface area contributed by atoms with Gasteiger partial charge < -0.3 is 4.74 Å². The molecule has 0 radical (unpaired) electrons. The SMILES string of the molecule is COc1ccc(Cl)cc1N(C)S(=O)(=O)c1ccc(SC)cc1. The molecule has 0 heterocycles. The molecule has 4 nitrogen and oxygen atoms in total. The highest BCUT2D eigenvalue weighted by Crippen LogP contribution is 2.33. The number of thioether (sulfide) groups is 1. The second kappa shape index (κ2) is 6.81. The molecule has 2 aromatic carbocycles. The van der Waals surface area contributed by atoms with Gasteiger partial charge >= 0.3 is 0 Å². The van der Waals surface area contributed by atoms with Gasteiger partial charge in [0.1, 0.15) is 5.75 Å². The van der Waals surface area contributed by atoms with Gasteiger partial charge in [-0.2, -0.15) is 0 Å². The summed E-state index contributed by atoms with van der Waals surface area (Å²) >= 11 is 7.53. The molecular formula is C15H16ClNO3S2. The third-order valence-electron chi connectivity index (χ3n) is 3.20. The maximum Gasteiger partial charge on any atom is 0.264 e.